The van der Waals surface area contributed by atoms with Crippen LogP contribution in [0.25, 0.3) is 0 Å². The zero-order valence-electron chi connectivity index (χ0n) is 11.2. The molecule has 0 saturated carbocycles. The molecule has 1 amide bonds. The summed E-state index contributed by atoms with van der Waals surface area (Å²) in [6.07, 6.45) is 3.18. The molecule has 0 spiro atoms. The lowest BCUT2D eigenvalue weighted by molar-refractivity contribution is -0.149. The molecule has 112 valence electrons. The Morgan fingerprint density at radius 3 is 2.60 bits per heavy atom. The lowest BCUT2D eigenvalue weighted by Crippen LogP contribution is -2.30. The van der Waals surface area contributed by atoms with Gasteiger partial charge in [-0.05, 0) is 18.0 Å². The molecule has 0 aliphatic heterocycles. The molecule has 0 saturated heterocycles. The van der Waals surface area contributed by atoms with Gasteiger partial charge >= 0.3 is 5.97 Å². The van der Waals surface area contributed by atoms with Crippen LogP contribution in [0, 0.1) is 5.92 Å². The van der Waals surface area contributed by atoms with Crippen LogP contribution in [0.5, 0.6) is 0 Å². The summed E-state index contributed by atoms with van der Waals surface area (Å²) in [4.78, 5) is 23.8. The average molecular weight is 339 g/mol. The number of carbonyl (C=O) groups is 2. The number of nitrogens with one attached hydrogen (secondary N) is 1. The van der Waals surface area contributed by atoms with E-state index in [1.807, 2.05) is 6.92 Å². The van der Waals surface area contributed by atoms with Crippen molar-refractivity contribution in [2.45, 2.75) is 32.6 Å². The van der Waals surface area contributed by atoms with Crippen LogP contribution < -0.4 is 5.32 Å². The maximum atomic E-state index is 12.1. The molecule has 0 bridgehead atoms. The van der Waals surface area contributed by atoms with Crippen molar-refractivity contribution < 1.29 is 14.3 Å². The van der Waals surface area contributed by atoms with Crippen LogP contribution in [-0.4, -0.2) is 23.4 Å². The van der Waals surface area contributed by atoms with Gasteiger partial charge in [-0.2, -0.15) is 4.37 Å². The summed E-state index contributed by atoms with van der Waals surface area (Å²) in [5, 5.41) is 3.23. The summed E-state index contributed by atoms with van der Waals surface area (Å²) in [6.45, 7) is 2.05. The predicted octanol–water partition coefficient (Wildman–Crippen LogP) is 3.76. The van der Waals surface area contributed by atoms with E-state index in [1.165, 1.54) is 7.11 Å². The van der Waals surface area contributed by atoms with Crippen molar-refractivity contribution in [1.82, 2.24) is 4.37 Å². The Labute approximate surface area is 131 Å². The Kier molecular flexibility index (Phi) is 7.26. The first kappa shape index (κ1) is 17.2. The maximum absolute atomic E-state index is 12.1. The number of methoxy groups -OCH3 is 1. The molecule has 1 heterocycles. The van der Waals surface area contributed by atoms with Crippen LogP contribution in [0.3, 0.4) is 0 Å². The molecular weight excluding hydrogens is 323 g/mol. The van der Waals surface area contributed by atoms with Crippen molar-refractivity contribution in [3.63, 3.8) is 0 Å². The molecule has 8 heteroatoms. The normalized spacial score (nSPS) is 12.0. The number of carbonyl (C=O) groups excluding carboxylic acids is 2. The van der Waals surface area contributed by atoms with Crippen LogP contribution in [0.15, 0.2) is 0 Å². The minimum Gasteiger partial charge on any atom is -0.468 e. The molecule has 0 radical (unpaired) electrons. The van der Waals surface area contributed by atoms with E-state index in [0.29, 0.717) is 11.4 Å². The number of nitrogens with zero attached hydrogens (tertiary/aromatic N) is 1. The second kappa shape index (κ2) is 8.44. The quantitative estimate of drug-likeness (QED) is 0.467. The van der Waals surface area contributed by atoms with E-state index in [2.05, 4.69) is 14.4 Å². The van der Waals surface area contributed by atoms with Crippen molar-refractivity contribution in [2.75, 3.05) is 12.4 Å². The molecule has 1 aromatic rings. The number of anilines is 1. The second-order valence-electron chi connectivity index (χ2n) is 4.18. The molecular formula is C12H16Cl2N2O3S. The van der Waals surface area contributed by atoms with E-state index in [-0.39, 0.29) is 10.2 Å². The Morgan fingerprint density at radius 2 is 2.10 bits per heavy atom. The molecule has 0 aromatic carbocycles. The molecule has 0 aliphatic carbocycles. The summed E-state index contributed by atoms with van der Waals surface area (Å²) >= 11 is 12.6. The van der Waals surface area contributed by atoms with E-state index in [0.717, 1.165) is 30.8 Å². The number of rotatable bonds is 7. The number of halogens is 2. The van der Waals surface area contributed by atoms with Crippen molar-refractivity contribution in [3.8, 4) is 0 Å². The largest absolute Gasteiger partial charge is 0.468 e. The number of hydrogen-bond donors (Lipinski definition) is 1. The summed E-state index contributed by atoms with van der Waals surface area (Å²) < 4.78 is 8.48. The number of hydrogen-bond acceptors (Lipinski definition) is 5. The van der Waals surface area contributed by atoms with E-state index in [9.17, 15) is 9.59 Å². The van der Waals surface area contributed by atoms with Crippen LogP contribution in [0.1, 0.15) is 32.6 Å². The number of aromatic nitrogens is 1. The fourth-order valence-electron chi connectivity index (χ4n) is 1.63. The minimum atomic E-state index is -0.844. The first-order chi connectivity index (χ1) is 9.51. The third-order valence-electron chi connectivity index (χ3n) is 2.73. The summed E-state index contributed by atoms with van der Waals surface area (Å²) in [6, 6.07) is 0. The zero-order chi connectivity index (χ0) is 15.1. The summed E-state index contributed by atoms with van der Waals surface area (Å²) in [5.74, 6) is -1.84. The van der Waals surface area contributed by atoms with Gasteiger partial charge in [-0.1, -0.05) is 49.4 Å². The van der Waals surface area contributed by atoms with Gasteiger partial charge in [-0.15, -0.1) is 0 Å². The third kappa shape index (κ3) is 4.61. The predicted molar refractivity (Wildman–Crippen MR) is 80.4 cm³/mol. The van der Waals surface area contributed by atoms with Gasteiger partial charge in [0.2, 0.25) is 5.91 Å². The van der Waals surface area contributed by atoms with Gasteiger partial charge in [0.25, 0.3) is 0 Å². The van der Waals surface area contributed by atoms with Gasteiger partial charge in [0.05, 0.1) is 7.11 Å². The Balaban J connectivity index is 2.72. The Morgan fingerprint density at radius 1 is 1.40 bits per heavy atom. The molecule has 1 unspecified atom stereocenters. The lowest BCUT2D eigenvalue weighted by Gasteiger charge is -2.13. The van der Waals surface area contributed by atoms with Crippen molar-refractivity contribution in [2.24, 2.45) is 5.92 Å². The number of unbranched alkanes of at least 4 members (excludes halogenated alkanes) is 2. The van der Waals surface area contributed by atoms with E-state index < -0.39 is 17.8 Å². The molecule has 0 aliphatic rings. The van der Waals surface area contributed by atoms with Gasteiger partial charge in [-0.25, -0.2) is 0 Å². The molecule has 0 fully saturated rings. The molecule has 1 aromatic heterocycles. The minimum absolute atomic E-state index is 0.132. The van der Waals surface area contributed by atoms with Crippen LogP contribution in [-0.2, 0) is 14.3 Å². The van der Waals surface area contributed by atoms with Gasteiger partial charge in [0, 0.05) is 0 Å². The molecule has 1 N–H and O–H groups in total. The Bertz CT molecular complexity index is 479. The van der Waals surface area contributed by atoms with Crippen molar-refractivity contribution in [3.05, 3.63) is 10.2 Å². The monoisotopic (exact) mass is 338 g/mol. The van der Waals surface area contributed by atoms with Crippen LogP contribution in [0.2, 0.25) is 10.2 Å². The SMILES string of the molecule is CCCCCC(C(=O)Nc1snc(Cl)c1Cl)C(=O)OC. The van der Waals surface area contributed by atoms with Gasteiger partial charge < -0.3 is 10.1 Å². The highest BCUT2D eigenvalue weighted by atomic mass is 35.5. The smallest absolute Gasteiger partial charge is 0.318 e. The fraction of sp³-hybridized carbons (Fsp3) is 0.583. The second-order valence-corrected chi connectivity index (χ2v) is 5.69. The van der Waals surface area contributed by atoms with Gasteiger partial charge in [0.1, 0.15) is 15.9 Å². The fourth-order valence-corrected chi connectivity index (χ4v) is 2.72. The third-order valence-corrected chi connectivity index (χ3v) is 4.45. The van der Waals surface area contributed by atoms with E-state index in [4.69, 9.17) is 23.2 Å². The topological polar surface area (TPSA) is 68.3 Å². The molecule has 1 rings (SSSR count). The molecule has 1 atom stereocenters. The highest BCUT2D eigenvalue weighted by molar-refractivity contribution is 7.11. The Hall–Kier alpha value is -0.850. The molecule has 5 nitrogen and oxygen atoms in total. The zero-order valence-corrected chi connectivity index (χ0v) is 13.6. The van der Waals surface area contributed by atoms with Crippen molar-refractivity contribution >= 4 is 51.6 Å². The summed E-state index contributed by atoms with van der Waals surface area (Å²) in [7, 11) is 1.26. The van der Waals surface area contributed by atoms with Crippen molar-refractivity contribution in [1.29, 1.82) is 0 Å². The van der Waals surface area contributed by atoms with E-state index >= 15 is 0 Å². The molecule has 20 heavy (non-hydrogen) atoms. The number of esters is 1. The first-order valence-corrected chi connectivity index (χ1v) is 7.73. The van der Waals surface area contributed by atoms with Gasteiger partial charge in [0.15, 0.2) is 5.15 Å². The number of ether oxygens (including phenoxy) is 1. The standard InChI is InChI=1S/C12H16Cl2N2O3S/c1-3-4-5-6-7(12(18)19-2)10(17)15-11-8(13)9(14)16-20-11/h7H,3-6H2,1-2H3,(H,15,17). The lowest BCUT2D eigenvalue weighted by atomic mass is 10.0. The first-order valence-electron chi connectivity index (χ1n) is 6.20. The van der Waals surface area contributed by atoms with Crippen LogP contribution >= 0.6 is 34.7 Å². The highest BCUT2D eigenvalue weighted by Gasteiger charge is 2.28. The summed E-state index contributed by atoms with van der Waals surface area (Å²) in [5.41, 5.74) is 0. The van der Waals surface area contributed by atoms with Crippen LogP contribution in [0.4, 0.5) is 5.00 Å². The van der Waals surface area contributed by atoms with Gasteiger partial charge in [-0.3, -0.25) is 9.59 Å². The highest BCUT2D eigenvalue weighted by Crippen LogP contribution is 2.33. The van der Waals surface area contributed by atoms with E-state index in [1.54, 1.807) is 0 Å². The average Bonchev–Trinajstić information content (AvgIpc) is 2.74. The number of amides is 1. The maximum Gasteiger partial charge on any atom is 0.318 e.